The van der Waals surface area contributed by atoms with Crippen molar-refractivity contribution in [2.45, 2.75) is 35.5 Å². The van der Waals surface area contributed by atoms with Crippen LogP contribution >= 0.6 is 23.4 Å². The highest BCUT2D eigenvalue weighted by atomic mass is 35.5. The number of hydrogen-bond acceptors (Lipinski definition) is 3. The van der Waals surface area contributed by atoms with E-state index < -0.39 is 0 Å². The molecule has 2 amide bonds. The fraction of sp³-hybridized carbons (Fsp3) is 0.300. The van der Waals surface area contributed by atoms with Crippen LogP contribution in [0.2, 0.25) is 5.02 Å². The van der Waals surface area contributed by atoms with Crippen LogP contribution in [0.25, 0.3) is 0 Å². The van der Waals surface area contributed by atoms with Crippen molar-refractivity contribution < 1.29 is 9.59 Å². The zero-order chi connectivity index (χ0) is 17.4. The summed E-state index contributed by atoms with van der Waals surface area (Å²) in [6.07, 6.45) is 3.78. The van der Waals surface area contributed by atoms with Crippen molar-refractivity contribution in [1.29, 1.82) is 0 Å². The summed E-state index contributed by atoms with van der Waals surface area (Å²) < 4.78 is 0. The molecule has 2 aromatic carbocycles. The average molecular weight is 372 g/mol. The SMILES string of the molecule is O=C1[C@H]2CCCC[C@H]2C(=O)N1c1ccc(Sc2ccc(Cl)cc2)cc1. The van der Waals surface area contributed by atoms with Gasteiger partial charge in [0.1, 0.15) is 0 Å². The largest absolute Gasteiger partial charge is 0.274 e. The lowest BCUT2D eigenvalue weighted by atomic mass is 9.81. The Morgan fingerprint density at radius 1 is 0.800 bits per heavy atom. The number of hydrogen-bond donors (Lipinski definition) is 0. The molecule has 0 bridgehead atoms. The van der Waals surface area contributed by atoms with Gasteiger partial charge in [-0.05, 0) is 61.4 Å². The minimum Gasteiger partial charge on any atom is -0.274 e. The van der Waals surface area contributed by atoms with Gasteiger partial charge in [-0.3, -0.25) is 14.5 Å². The van der Waals surface area contributed by atoms with Crippen molar-refractivity contribution >= 4 is 40.9 Å². The molecule has 4 rings (SSSR count). The number of amides is 2. The van der Waals surface area contributed by atoms with Gasteiger partial charge in [-0.1, -0.05) is 36.2 Å². The number of nitrogens with zero attached hydrogens (tertiary/aromatic N) is 1. The number of halogens is 1. The van der Waals surface area contributed by atoms with Gasteiger partial charge in [0.2, 0.25) is 11.8 Å². The first-order chi connectivity index (χ1) is 12.1. The Morgan fingerprint density at radius 3 is 1.80 bits per heavy atom. The second kappa shape index (κ2) is 6.85. The molecule has 0 N–H and O–H groups in total. The Morgan fingerprint density at radius 2 is 1.28 bits per heavy atom. The van der Waals surface area contributed by atoms with Crippen LogP contribution < -0.4 is 4.90 Å². The Kier molecular flexibility index (Phi) is 4.57. The highest BCUT2D eigenvalue weighted by Gasteiger charge is 2.48. The van der Waals surface area contributed by atoms with E-state index in [1.54, 1.807) is 11.8 Å². The molecule has 2 aromatic rings. The first-order valence-electron chi connectivity index (χ1n) is 8.55. The van der Waals surface area contributed by atoms with Crippen molar-refractivity contribution in [1.82, 2.24) is 0 Å². The molecule has 1 saturated heterocycles. The van der Waals surface area contributed by atoms with Crippen molar-refractivity contribution in [2.75, 3.05) is 4.90 Å². The van der Waals surface area contributed by atoms with Crippen LogP contribution in [0.5, 0.6) is 0 Å². The second-order valence-electron chi connectivity index (χ2n) is 6.56. The molecule has 1 aliphatic heterocycles. The Bertz CT molecular complexity index is 779. The van der Waals surface area contributed by atoms with Crippen molar-refractivity contribution in [3.8, 4) is 0 Å². The molecule has 0 aromatic heterocycles. The van der Waals surface area contributed by atoms with Crippen molar-refractivity contribution in [2.24, 2.45) is 11.8 Å². The Hall–Kier alpha value is -1.78. The van der Waals surface area contributed by atoms with Gasteiger partial charge in [-0.15, -0.1) is 0 Å². The predicted octanol–water partition coefficient (Wildman–Crippen LogP) is 5.17. The van der Waals surface area contributed by atoms with Gasteiger partial charge in [0.25, 0.3) is 0 Å². The van der Waals surface area contributed by atoms with E-state index in [1.165, 1.54) is 4.90 Å². The zero-order valence-electron chi connectivity index (χ0n) is 13.7. The summed E-state index contributed by atoms with van der Waals surface area (Å²) in [5, 5.41) is 0.715. The molecule has 5 heteroatoms. The fourth-order valence-corrected chi connectivity index (χ4v) is 4.66. The number of carbonyl (C=O) groups is 2. The van der Waals surface area contributed by atoms with Crippen LogP contribution in [0.3, 0.4) is 0 Å². The van der Waals surface area contributed by atoms with Crippen molar-refractivity contribution in [3.63, 3.8) is 0 Å². The predicted molar refractivity (Wildman–Crippen MR) is 100.0 cm³/mol. The topological polar surface area (TPSA) is 37.4 Å². The number of benzene rings is 2. The molecule has 3 nitrogen and oxygen atoms in total. The molecule has 25 heavy (non-hydrogen) atoms. The molecule has 0 radical (unpaired) electrons. The van der Waals surface area contributed by atoms with E-state index in [0.717, 1.165) is 35.5 Å². The fourth-order valence-electron chi connectivity index (χ4n) is 3.72. The van der Waals surface area contributed by atoms with Gasteiger partial charge >= 0.3 is 0 Å². The summed E-state index contributed by atoms with van der Waals surface area (Å²) in [6.45, 7) is 0. The summed E-state index contributed by atoms with van der Waals surface area (Å²) in [7, 11) is 0. The maximum Gasteiger partial charge on any atom is 0.237 e. The highest BCUT2D eigenvalue weighted by Crippen LogP contribution is 2.40. The minimum absolute atomic E-state index is 0.0206. The smallest absolute Gasteiger partial charge is 0.237 e. The van der Waals surface area contributed by atoms with Crippen molar-refractivity contribution in [3.05, 3.63) is 53.6 Å². The number of anilines is 1. The van der Waals surface area contributed by atoms with Crippen LogP contribution in [-0.2, 0) is 9.59 Å². The zero-order valence-corrected chi connectivity index (χ0v) is 15.2. The maximum atomic E-state index is 12.6. The second-order valence-corrected chi connectivity index (χ2v) is 8.14. The first-order valence-corrected chi connectivity index (χ1v) is 9.74. The van der Waals surface area contributed by atoms with E-state index in [9.17, 15) is 9.59 Å². The van der Waals surface area contributed by atoms with E-state index in [1.807, 2.05) is 48.5 Å². The monoisotopic (exact) mass is 371 g/mol. The molecule has 0 unspecified atom stereocenters. The first kappa shape index (κ1) is 16.7. The minimum atomic E-state index is -0.107. The third kappa shape index (κ3) is 3.21. The summed E-state index contributed by atoms with van der Waals surface area (Å²) in [6, 6.07) is 15.3. The van der Waals surface area contributed by atoms with Gasteiger partial charge in [0, 0.05) is 14.8 Å². The molecule has 1 heterocycles. The lowest BCUT2D eigenvalue weighted by molar-refractivity contribution is -0.122. The van der Waals surface area contributed by atoms with Crippen LogP contribution in [0, 0.1) is 11.8 Å². The van der Waals surface area contributed by atoms with E-state index in [4.69, 9.17) is 11.6 Å². The van der Waals surface area contributed by atoms with Gasteiger partial charge in [0.15, 0.2) is 0 Å². The highest BCUT2D eigenvalue weighted by molar-refractivity contribution is 7.99. The van der Waals surface area contributed by atoms with E-state index in [2.05, 4.69) is 0 Å². The van der Waals surface area contributed by atoms with E-state index in [-0.39, 0.29) is 23.7 Å². The molecule has 2 aliphatic rings. The summed E-state index contributed by atoms with van der Waals surface area (Å²) in [4.78, 5) is 28.8. The Balaban J connectivity index is 1.53. The van der Waals surface area contributed by atoms with Crippen LogP contribution in [0.15, 0.2) is 58.3 Å². The van der Waals surface area contributed by atoms with E-state index >= 15 is 0 Å². The van der Waals surface area contributed by atoms with Crippen LogP contribution in [-0.4, -0.2) is 11.8 Å². The molecule has 128 valence electrons. The number of rotatable bonds is 3. The number of imide groups is 1. The molecular formula is C20H18ClNO2S. The average Bonchev–Trinajstić information content (AvgIpc) is 2.89. The quantitative estimate of drug-likeness (QED) is 0.698. The number of fused-ring (bicyclic) bond motifs is 1. The standard InChI is InChI=1S/C20H18ClNO2S/c21-13-5-9-15(10-6-13)25-16-11-7-14(8-12-16)22-19(23)17-3-1-2-4-18(17)20(22)24/h5-12,17-18H,1-4H2/t17-,18+. The van der Waals surface area contributed by atoms with Gasteiger partial charge in [-0.25, -0.2) is 0 Å². The molecule has 0 spiro atoms. The lowest BCUT2D eigenvalue weighted by Gasteiger charge is -2.19. The molecular weight excluding hydrogens is 354 g/mol. The lowest BCUT2D eigenvalue weighted by Crippen LogP contribution is -2.30. The number of carbonyl (C=O) groups excluding carboxylic acids is 2. The van der Waals surface area contributed by atoms with Crippen LogP contribution in [0.1, 0.15) is 25.7 Å². The van der Waals surface area contributed by atoms with Crippen LogP contribution in [0.4, 0.5) is 5.69 Å². The third-order valence-electron chi connectivity index (χ3n) is 4.99. The van der Waals surface area contributed by atoms with E-state index in [0.29, 0.717) is 10.7 Å². The maximum absolute atomic E-state index is 12.6. The van der Waals surface area contributed by atoms with Gasteiger partial charge in [0.05, 0.1) is 17.5 Å². The third-order valence-corrected chi connectivity index (χ3v) is 6.25. The summed E-state index contributed by atoms with van der Waals surface area (Å²) >= 11 is 7.53. The molecule has 1 aliphatic carbocycles. The van der Waals surface area contributed by atoms with Gasteiger partial charge < -0.3 is 0 Å². The Labute approximate surface area is 156 Å². The summed E-state index contributed by atoms with van der Waals surface area (Å²) in [5.74, 6) is -0.255. The molecule has 1 saturated carbocycles. The van der Waals surface area contributed by atoms with Gasteiger partial charge in [-0.2, -0.15) is 0 Å². The molecule has 2 atom stereocenters. The molecule has 2 fully saturated rings. The summed E-state index contributed by atoms with van der Waals surface area (Å²) in [5.41, 5.74) is 0.685. The normalized spacial score (nSPS) is 23.0.